The Labute approximate surface area is 425 Å². The lowest BCUT2D eigenvalue weighted by molar-refractivity contribution is -0.301. The maximum atomic E-state index is 12.9. The number of carbonyl (C=O) groups is 1. The van der Waals surface area contributed by atoms with Crippen LogP contribution in [0.25, 0.3) is 0 Å². The summed E-state index contributed by atoms with van der Waals surface area (Å²) < 4.78 is 59.3. The minimum absolute atomic E-state index is 0.0148. The third-order valence-electron chi connectivity index (χ3n) is 11.7. The molecule has 4 N–H and O–H groups in total. The summed E-state index contributed by atoms with van der Waals surface area (Å²) in [5, 5.41) is 30.8. The first-order valence-corrected chi connectivity index (χ1v) is 28.4. The van der Waals surface area contributed by atoms with Gasteiger partial charge in [-0.2, -0.15) is 8.42 Å². The van der Waals surface area contributed by atoms with E-state index in [1.165, 1.54) is 57.8 Å². The number of hydrogen-bond donors (Lipinski definition) is 4. The highest BCUT2D eigenvalue weighted by Crippen LogP contribution is 2.26. The van der Waals surface area contributed by atoms with Gasteiger partial charge in [-0.15, -0.1) is 0 Å². The first kappa shape index (κ1) is 65.0. The molecule has 0 saturated carbocycles. The number of esters is 1. The molecule has 1 heterocycles. The van der Waals surface area contributed by atoms with Crippen LogP contribution in [0.2, 0.25) is 0 Å². The molecule has 70 heavy (non-hydrogen) atoms. The Morgan fingerprint density at radius 2 is 0.986 bits per heavy atom. The lowest BCUT2D eigenvalue weighted by Gasteiger charge is -2.41. The molecular formula is C57H96O12S. The van der Waals surface area contributed by atoms with Crippen LogP contribution in [0.15, 0.2) is 97.2 Å². The standard InChI is InChI=1S/C57H96O12S/c1-3-5-7-9-11-13-15-17-19-21-23-25-27-29-31-33-35-37-39-41-43-45-47-65-49-51(50-66-57-55(61)56(69-70(62,63)64)54(60)52(48-58)68-57)67-53(59)46-44-42-40-38-36-34-32-30-28-26-24-22-20-18-16-14-12-10-8-6-4-2/h6,8,12,14-15,17-18,20-21,23-24,26-27,29-30,32,51-52,54-58,60-61H,3-5,7,9-11,13,16,19,22,25,28,31,33-50H2,1-2H3,(H,62,63,64)/b8-6-,14-12-,17-15-,20-18-,23-21-,26-24-,29-27-,32-30-. The Morgan fingerprint density at radius 3 is 1.44 bits per heavy atom. The van der Waals surface area contributed by atoms with Crippen molar-refractivity contribution in [3.8, 4) is 0 Å². The third-order valence-corrected chi connectivity index (χ3v) is 12.2. The highest BCUT2D eigenvalue weighted by molar-refractivity contribution is 7.80. The maximum absolute atomic E-state index is 12.9. The molecule has 1 saturated heterocycles. The number of ether oxygens (including phenoxy) is 4. The first-order chi connectivity index (χ1) is 34.1. The fourth-order valence-electron chi connectivity index (χ4n) is 7.65. The maximum Gasteiger partial charge on any atom is 0.397 e. The normalized spacial score (nSPS) is 19.9. The second-order valence-electron chi connectivity index (χ2n) is 18.1. The summed E-state index contributed by atoms with van der Waals surface area (Å²) >= 11 is 0. The topological polar surface area (TPSA) is 178 Å². The molecular weight excluding hydrogens is 909 g/mol. The van der Waals surface area contributed by atoms with Crippen molar-refractivity contribution in [1.82, 2.24) is 0 Å². The molecule has 12 nitrogen and oxygen atoms in total. The lowest BCUT2D eigenvalue weighted by atomic mass is 9.99. The predicted octanol–water partition coefficient (Wildman–Crippen LogP) is 13.0. The molecule has 0 bridgehead atoms. The average molecular weight is 1010 g/mol. The van der Waals surface area contributed by atoms with E-state index in [1.54, 1.807) is 0 Å². The van der Waals surface area contributed by atoms with Crippen molar-refractivity contribution in [1.29, 1.82) is 0 Å². The van der Waals surface area contributed by atoms with Gasteiger partial charge < -0.3 is 34.3 Å². The second-order valence-corrected chi connectivity index (χ2v) is 19.1. The molecule has 13 heteroatoms. The molecule has 1 rings (SSSR count). The van der Waals surface area contributed by atoms with Gasteiger partial charge in [-0.3, -0.25) is 9.35 Å². The molecule has 0 aromatic carbocycles. The SMILES string of the molecule is CC/C=C\C/C=C\C/C=C\C/C=C\C/C=C\CCCCCCCC(=O)OC(COCCCCCCCCC/C=C\C/C=C\C/C=C\CCCCCCC)COC1OC(CO)C(O)C(OS(=O)(=O)O)C1O. The fourth-order valence-corrected chi connectivity index (χ4v) is 8.16. The highest BCUT2D eigenvalue weighted by atomic mass is 32.3. The van der Waals surface area contributed by atoms with Gasteiger partial charge in [0.1, 0.15) is 30.5 Å². The van der Waals surface area contributed by atoms with Gasteiger partial charge in [-0.1, -0.05) is 188 Å². The van der Waals surface area contributed by atoms with Crippen molar-refractivity contribution >= 4 is 16.4 Å². The molecule has 1 fully saturated rings. The van der Waals surface area contributed by atoms with Crippen LogP contribution >= 0.6 is 0 Å². The van der Waals surface area contributed by atoms with Crippen LogP contribution in [0.5, 0.6) is 0 Å². The summed E-state index contributed by atoms with van der Waals surface area (Å²) in [6.07, 6.45) is 55.7. The molecule has 0 spiro atoms. The number of unbranched alkanes of at least 4 members (excludes halogenated alkanes) is 17. The summed E-state index contributed by atoms with van der Waals surface area (Å²) in [5.41, 5.74) is 0. The Bertz CT molecular complexity index is 1580. The summed E-state index contributed by atoms with van der Waals surface area (Å²) in [5.74, 6) is -0.424. The molecule has 0 radical (unpaired) electrons. The van der Waals surface area contributed by atoms with Gasteiger partial charge in [-0.25, -0.2) is 4.18 Å². The molecule has 0 aliphatic carbocycles. The zero-order valence-corrected chi connectivity index (χ0v) is 44.1. The van der Waals surface area contributed by atoms with E-state index in [-0.39, 0.29) is 19.6 Å². The van der Waals surface area contributed by atoms with Crippen LogP contribution in [0.4, 0.5) is 0 Å². The Morgan fingerprint density at radius 1 is 0.557 bits per heavy atom. The smallest absolute Gasteiger partial charge is 0.397 e. The van der Waals surface area contributed by atoms with Crippen LogP contribution in [-0.4, -0.2) is 97.5 Å². The Kier molecular flexibility index (Phi) is 43.7. The van der Waals surface area contributed by atoms with Gasteiger partial charge in [0.25, 0.3) is 0 Å². The number of allylic oxidation sites excluding steroid dienone is 16. The van der Waals surface area contributed by atoms with Gasteiger partial charge in [0.05, 0.1) is 19.8 Å². The summed E-state index contributed by atoms with van der Waals surface area (Å²) in [6, 6.07) is 0. The fraction of sp³-hybridized carbons (Fsp3) is 0.702. The quantitative estimate of drug-likeness (QED) is 0.0197. The monoisotopic (exact) mass is 1000 g/mol. The zero-order valence-electron chi connectivity index (χ0n) is 43.3. The van der Waals surface area contributed by atoms with Crippen LogP contribution in [0.3, 0.4) is 0 Å². The van der Waals surface area contributed by atoms with Gasteiger partial charge in [-0.05, 0) is 96.3 Å². The van der Waals surface area contributed by atoms with Crippen molar-refractivity contribution in [2.75, 3.05) is 26.4 Å². The summed E-state index contributed by atoms with van der Waals surface area (Å²) in [4.78, 5) is 12.9. The van der Waals surface area contributed by atoms with Crippen molar-refractivity contribution in [3.63, 3.8) is 0 Å². The van der Waals surface area contributed by atoms with E-state index < -0.39 is 59.8 Å². The second kappa shape index (κ2) is 47.1. The van der Waals surface area contributed by atoms with Crippen LogP contribution in [-0.2, 0) is 38.3 Å². The summed E-state index contributed by atoms with van der Waals surface area (Å²) in [6.45, 7) is 3.81. The molecule has 0 aromatic heterocycles. The van der Waals surface area contributed by atoms with Gasteiger partial charge in [0.15, 0.2) is 6.29 Å². The molecule has 1 aliphatic heterocycles. The Balaban J connectivity index is 2.38. The molecule has 0 amide bonds. The van der Waals surface area contributed by atoms with Crippen molar-refractivity contribution in [3.05, 3.63) is 97.2 Å². The van der Waals surface area contributed by atoms with Crippen molar-refractivity contribution < 1.29 is 56.2 Å². The minimum atomic E-state index is -5.08. The van der Waals surface area contributed by atoms with E-state index in [2.05, 4.69) is 115 Å². The predicted molar refractivity (Wildman–Crippen MR) is 285 cm³/mol. The van der Waals surface area contributed by atoms with E-state index >= 15 is 0 Å². The average Bonchev–Trinajstić information content (AvgIpc) is 3.34. The lowest BCUT2D eigenvalue weighted by Crippen LogP contribution is -2.60. The molecule has 0 aromatic rings. The van der Waals surface area contributed by atoms with Gasteiger partial charge >= 0.3 is 16.4 Å². The molecule has 6 atom stereocenters. The first-order valence-electron chi connectivity index (χ1n) is 27.0. The largest absolute Gasteiger partial charge is 0.457 e. The number of hydrogen-bond acceptors (Lipinski definition) is 11. The van der Waals surface area contributed by atoms with Crippen LogP contribution in [0.1, 0.15) is 194 Å². The Hall–Kier alpha value is -2.98. The molecule has 6 unspecified atom stereocenters. The number of rotatable bonds is 46. The molecule has 1 aliphatic rings. The number of aliphatic hydroxyl groups excluding tert-OH is 3. The van der Waals surface area contributed by atoms with E-state index in [1.807, 2.05) is 0 Å². The molecule has 402 valence electrons. The van der Waals surface area contributed by atoms with Crippen molar-refractivity contribution in [2.24, 2.45) is 0 Å². The van der Waals surface area contributed by atoms with Crippen LogP contribution < -0.4 is 0 Å². The van der Waals surface area contributed by atoms with E-state index in [0.29, 0.717) is 13.0 Å². The highest BCUT2D eigenvalue weighted by Gasteiger charge is 2.48. The van der Waals surface area contributed by atoms with Crippen LogP contribution in [0, 0.1) is 0 Å². The van der Waals surface area contributed by atoms with E-state index in [0.717, 1.165) is 109 Å². The minimum Gasteiger partial charge on any atom is -0.457 e. The van der Waals surface area contributed by atoms with E-state index in [4.69, 9.17) is 18.9 Å². The van der Waals surface area contributed by atoms with Gasteiger partial charge in [0.2, 0.25) is 0 Å². The van der Waals surface area contributed by atoms with E-state index in [9.17, 15) is 33.1 Å². The van der Waals surface area contributed by atoms with Gasteiger partial charge in [0, 0.05) is 13.0 Å². The van der Waals surface area contributed by atoms with Crippen molar-refractivity contribution in [2.45, 2.75) is 230 Å². The third kappa shape index (κ3) is 39.6. The summed E-state index contributed by atoms with van der Waals surface area (Å²) in [7, 11) is -5.08. The number of aliphatic hydroxyl groups is 3. The zero-order chi connectivity index (χ0) is 51.0. The number of carbonyl (C=O) groups excluding carboxylic acids is 1.